The molecule has 27 heteroatoms. The van der Waals surface area contributed by atoms with Crippen LogP contribution < -0.4 is 10.6 Å². The lowest BCUT2D eigenvalue weighted by Crippen LogP contribution is -2.70. The van der Waals surface area contributed by atoms with Gasteiger partial charge in [-0.3, -0.25) is 9.59 Å². The van der Waals surface area contributed by atoms with Gasteiger partial charge in [-0.1, -0.05) is 27.7 Å². The molecular formula is C51H94N2O25. The fraction of sp³-hybridized carbons (Fsp3) is 0.961. The van der Waals surface area contributed by atoms with E-state index in [-0.39, 0.29) is 39.0 Å². The van der Waals surface area contributed by atoms with Gasteiger partial charge < -0.3 is 123 Å². The minimum atomic E-state index is -1.81. The predicted octanol–water partition coefficient (Wildman–Crippen LogP) is -2.98. The summed E-state index contributed by atoms with van der Waals surface area (Å²) >= 11 is 0. The van der Waals surface area contributed by atoms with E-state index >= 15 is 0 Å². The van der Waals surface area contributed by atoms with Crippen molar-refractivity contribution in [3.8, 4) is 0 Å². The average molecular weight is 1140 g/mol. The Hall–Kier alpha value is -1.98. The van der Waals surface area contributed by atoms with E-state index in [4.69, 9.17) is 71.1 Å². The number of rotatable bonds is 38. The van der Waals surface area contributed by atoms with Crippen LogP contribution in [-0.2, 0) is 80.6 Å². The quantitative estimate of drug-likeness (QED) is 0.0276. The Labute approximate surface area is 457 Å². The van der Waals surface area contributed by atoms with Crippen LogP contribution >= 0.6 is 0 Å². The largest absolute Gasteiger partial charge is 0.394 e. The van der Waals surface area contributed by atoms with Gasteiger partial charge in [-0.15, -0.1) is 0 Å². The molecule has 4 saturated heterocycles. The summed E-state index contributed by atoms with van der Waals surface area (Å²) in [5.41, 5.74) is 0. The Kier molecular flexibility index (Phi) is 32.7. The van der Waals surface area contributed by atoms with Gasteiger partial charge in [0.25, 0.3) is 0 Å². The van der Waals surface area contributed by atoms with E-state index < -0.39 is 148 Å². The van der Waals surface area contributed by atoms with Crippen LogP contribution in [0.25, 0.3) is 0 Å². The topological polar surface area (TPSA) is 358 Å². The highest BCUT2D eigenvalue weighted by atomic mass is 16.8. The lowest BCUT2D eigenvalue weighted by Gasteiger charge is -2.51. The van der Waals surface area contributed by atoms with Crippen LogP contribution in [0.5, 0.6) is 0 Å². The number of hydrogen-bond acceptors (Lipinski definition) is 25. The Morgan fingerprint density at radius 1 is 0.462 bits per heavy atom. The molecule has 9 unspecified atom stereocenters. The second-order valence-electron chi connectivity index (χ2n) is 20.1. The molecule has 4 fully saturated rings. The number of nitrogens with one attached hydrogen (secondary N) is 2. The van der Waals surface area contributed by atoms with Crippen molar-refractivity contribution in [2.45, 2.75) is 197 Å². The molecule has 458 valence electrons. The molecule has 0 aromatic heterocycles. The fourth-order valence-electron chi connectivity index (χ4n) is 9.22. The standard InChI is InChI=1S/C51H94N2O25/c1-8-12-64-18-20-66-14-10-16-68-22-23-70-27-34-39(58)48(71-25-24-69-17-11-15-67-21-19-65-13-9-2)44(63)51(76-34)78-46-33(26-54)75-49(37(41(46)60)53-32(7)56)77-47-35(28-72-50-43(62)42(61)38(57)30(5)73-50)74-45(29(3)4)36(40(47)59)52-31(6)55/h29-30,33-51,54,57-63H,8-28H2,1-7H3,(H,52,55)(H,53,56)/t30?,33?,34?,35?,36-,37-,38+,39+,40?,41?,42?,43?,44+,45-,46+,47+,48?,49-,50+,51-/m0/s1. The highest BCUT2D eigenvalue weighted by Gasteiger charge is 2.55. The summed E-state index contributed by atoms with van der Waals surface area (Å²) < 4.78 is 88.1. The van der Waals surface area contributed by atoms with Crippen molar-refractivity contribution < 1.29 is 121 Å². The van der Waals surface area contributed by atoms with Gasteiger partial charge in [-0.25, -0.2) is 0 Å². The maximum atomic E-state index is 12.8. The lowest BCUT2D eigenvalue weighted by molar-refractivity contribution is -0.362. The first-order valence-corrected chi connectivity index (χ1v) is 27.6. The summed E-state index contributed by atoms with van der Waals surface area (Å²) in [5, 5.41) is 95.0. The minimum absolute atomic E-state index is 0.0753. The molecule has 2 amide bonds. The van der Waals surface area contributed by atoms with Gasteiger partial charge in [0.1, 0.15) is 85.4 Å². The Balaban J connectivity index is 1.49. The van der Waals surface area contributed by atoms with Crippen LogP contribution in [0, 0.1) is 5.92 Å². The number of aliphatic hydroxyl groups is 8. The normalized spacial score (nSPS) is 35.5. The Morgan fingerprint density at radius 2 is 0.949 bits per heavy atom. The molecule has 0 aromatic carbocycles. The first-order valence-electron chi connectivity index (χ1n) is 27.6. The fourth-order valence-corrected chi connectivity index (χ4v) is 9.22. The monoisotopic (exact) mass is 1130 g/mol. The first-order chi connectivity index (χ1) is 37.4. The number of carbonyl (C=O) groups is 2. The maximum absolute atomic E-state index is 12.8. The van der Waals surface area contributed by atoms with E-state index in [1.165, 1.54) is 13.8 Å². The van der Waals surface area contributed by atoms with Crippen molar-refractivity contribution in [3.05, 3.63) is 0 Å². The zero-order chi connectivity index (χ0) is 57.1. The Morgan fingerprint density at radius 3 is 1.49 bits per heavy atom. The van der Waals surface area contributed by atoms with Gasteiger partial charge >= 0.3 is 0 Å². The van der Waals surface area contributed by atoms with Crippen molar-refractivity contribution in [2.75, 3.05) is 112 Å². The second-order valence-corrected chi connectivity index (χ2v) is 20.1. The van der Waals surface area contributed by atoms with Crippen LogP contribution in [0.15, 0.2) is 0 Å². The molecule has 0 aliphatic carbocycles. The second kappa shape index (κ2) is 37.3. The van der Waals surface area contributed by atoms with Crippen LogP contribution in [-0.4, -0.2) is 287 Å². The summed E-state index contributed by atoms with van der Waals surface area (Å²) in [6.45, 7) is 15.3. The van der Waals surface area contributed by atoms with Crippen LogP contribution in [0.3, 0.4) is 0 Å². The van der Waals surface area contributed by atoms with Gasteiger partial charge in [0.05, 0.1) is 90.9 Å². The van der Waals surface area contributed by atoms with Crippen molar-refractivity contribution in [1.29, 1.82) is 0 Å². The average Bonchev–Trinajstić information content (AvgIpc) is 3.45. The summed E-state index contributed by atoms with van der Waals surface area (Å²) in [6.07, 6.45) is -23.3. The molecular weight excluding hydrogens is 1040 g/mol. The smallest absolute Gasteiger partial charge is 0.217 e. The minimum Gasteiger partial charge on any atom is -0.394 e. The number of hydrogen-bond donors (Lipinski definition) is 10. The van der Waals surface area contributed by atoms with E-state index in [2.05, 4.69) is 10.6 Å². The van der Waals surface area contributed by atoms with E-state index in [9.17, 15) is 50.4 Å². The van der Waals surface area contributed by atoms with Crippen molar-refractivity contribution in [3.63, 3.8) is 0 Å². The molecule has 20 atom stereocenters. The number of amides is 2. The van der Waals surface area contributed by atoms with Crippen molar-refractivity contribution in [2.24, 2.45) is 5.92 Å². The third-order valence-electron chi connectivity index (χ3n) is 13.3. The lowest BCUT2D eigenvalue weighted by atomic mass is 9.87. The van der Waals surface area contributed by atoms with E-state index in [1.54, 1.807) is 13.8 Å². The van der Waals surface area contributed by atoms with Crippen molar-refractivity contribution >= 4 is 11.8 Å². The highest BCUT2D eigenvalue weighted by molar-refractivity contribution is 5.73. The molecule has 27 nitrogen and oxygen atoms in total. The molecule has 10 N–H and O–H groups in total. The molecule has 4 rings (SSSR count). The summed E-state index contributed by atoms with van der Waals surface area (Å²) in [4.78, 5) is 25.3. The number of aliphatic hydroxyl groups excluding tert-OH is 8. The summed E-state index contributed by atoms with van der Waals surface area (Å²) in [7, 11) is 0. The molecule has 0 saturated carbocycles. The van der Waals surface area contributed by atoms with Gasteiger partial charge in [-0.2, -0.15) is 0 Å². The first kappa shape index (κ1) is 68.5. The maximum Gasteiger partial charge on any atom is 0.217 e. The van der Waals surface area contributed by atoms with Crippen LogP contribution in [0.4, 0.5) is 0 Å². The summed E-state index contributed by atoms with van der Waals surface area (Å²) in [5.74, 6) is -1.50. The molecule has 0 aromatic rings. The molecule has 4 aliphatic heterocycles. The SMILES string of the molecule is CCCOCCOCCCOCCOCC1O[C@@H](O[C@@H]2C(CO)O[C@@H](O[C@@H]3C(CO[C@@H]4OC(C)[C@@H](O)C(O)C4O)O[C@@H](C(C)C)[C@@H](NC(C)=O)C3O)[C@@H](NC(C)=O)C2O)[C@H](O)C(OCCOCCCOCCOCCC)[C@@H]1O. The van der Waals surface area contributed by atoms with Gasteiger partial charge in [0.15, 0.2) is 18.9 Å². The van der Waals surface area contributed by atoms with Crippen LogP contribution in [0.2, 0.25) is 0 Å². The molecule has 0 bridgehead atoms. The number of ether oxygens (including phenoxy) is 15. The predicted molar refractivity (Wildman–Crippen MR) is 270 cm³/mol. The van der Waals surface area contributed by atoms with E-state index in [0.717, 1.165) is 19.8 Å². The highest BCUT2D eigenvalue weighted by Crippen LogP contribution is 2.35. The molecule has 0 spiro atoms. The van der Waals surface area contributed by atoms with Gasteiger partial charge in [-0.05, 0) is 38.5 Å². The molecule has 78 heavy (non-hydrogen) atoms. The number of carbonyl (C=O) groups excluding carboxylic acids is 2. The van der Waals surface area contributed by atoms with Gasteiger partial charge in [0.2, 0.25) is 11.8 Å². The van der Waals surface area contributed by atoms with Gasteiger partial charge in [0, 0.05) is 53.5 Å². The third kappa shape index (κ3) is 22.0. The molecule has 4 heterocycles. The van der Waals surface area contributed by atoms with Crippen molar-refractivity contribution in [1.82, 2.24) is 10.6 Å². The van der Waals surface area contributed by atoms with E-state index in [1.807, 2.05) is 13.8 Å². The van der Waals surface area contributed by atoms with E-state index in [0.29, 0.717) is 78.9 Å². The zero-order valence-corrected chi connectivity index (χ0v) is 46.5. The third-order valence-corrected chi connectivity index (χ3v) is 13.3. The summed E-state index contributed by atoms with van der Waals surface area (Å²) in [6, 6.07) is -2.62. The zero-order valence-electron chi connectivity index (χ0n) is 46.5. The van der Waals surface area contributed by atoms with Crippen LogP contribution in [0.1, 0.15) is 74.1 Å². The molecule has 4 aliphatic rings. The molecule has 0 radical (unpaired) electrons. The Bertz CT molecular complexity index is 1610.